The Bertz CT molecular complexity index is 573. The molecule has 0 unspecified atom stereocenters. The quantitative estimate of drug-likeness (QED) is 0.806. The van der Waals surface area contributed by atoms with Gasteiger partial charge in [0.15, 0.2) is 5.78 Å². The third-order valence-electron chi connectivity index (χ3n) is 4.20. The zero-order valence-corrected chi connectivity index (χ0v) is 11.9. The fourth-order valence-corrected chi connectivity index (χ4v) is 2.96. The molecule has 1 aromatic carbocycles. The van der Waals surface area contributed by atoms with Crippen LogP contribution in [0.25, 0.3) is 0 Å². The van der Waals surface area contributed by atoms with Crippen molar-refractivity contribution in [2.75, 3.05) is 13.1 Å². The zero-order valence-electron chi connectivity index (χ0n) is 11.9. The average Bonchev–Trinajstić information content (AvgIpc) is 2.90. The maximum Gasteiger partial charge on any atom is 0.192 e. The Morgan fingerprint density at radius 2 is 2.05 bits per heavy atom. The number of benzene rings is 1. The number of carbonyl (C=O) groups is 1. The normalized spacial score (nSPS) is 25.4. The highest BCUT2D eigenvalue weighted by molar-refractivity contribution is 6.09. The van der Waals surface area contributed by atoms with Gasteiger partial charge in [-0.15, -0.1) is 0 Å². The minimum atomic E-state index is -0.851. The van der Waals surface area contributed by atoms with Crippen LogP contribution in [0.1, 0.15) is 35.7 Å². The van der Waals surface area contributed by atoms with Gasteiger partial charge in [-0.25, -0.2) is 0 Å². The highest BCUT2D eigenvalue weighted by atomic mass is 16.3. The van der Waals surface area contributed by atoms with E-state index in [0.29, 0.717) is 18.4 Å². The molecule has 106 valence electrons. The molecule has 0 amide bonds. The molecule has 0 bridgehead atoms. The number of aliphatic hydroxyl groups is 1. The van der Waals surface area contributed by atoms with Crippen molar-refractivity contribution in [2.24, 2.45) is 0 Å². The summed E-state index contributed by atoms with van der Waals surface area (Å²) < 4.78 is 0. The Balaban J connectivity index is 1.97. The molecule has 0 spiro atoms. The van der Waals surface area contributed by atoms with Gasteiger partial charge in [0.25, 0.3) is 0 Å². The Labute approximate surface area is 119 Å². The highest BCUT2D eigenvalue weighted by Crippen LogP contribution is 2.35. The standard InChI is InChI=1S/C16H20N2O2/c1-11-3-5-12(6-4-11)14(19)13-7-8-16(2,20)18-10-9-17-15(13)18/h3-6,17,20H,7-10H2,1-2H3/t16-/m1/s1. The number of hydrogen-bond donors (Lipinski definition) is 2. The van der Waals surface area contributed by atoms with E-state index in [2.05, 4.69) is 5.32 Å². The number of carbonyl (C=O) groups excluding carboxylic acids is 1. The number of nitrogens with zero attached hydrogens (tertiary/aromatic N) is 1. The van der Waals surface area contributed by atoms with Crippen LogP contribution in [0.4, 0.5) is 0 Å². The topological polar surface area (TPSA) is 52.6 Å². The maximum atomic E-state index is 12.7. The molecule has 4 heteroatoms. The van der Waals surface area contributed by atoms with Crippen molar-refractivity contribution < 1.29 is 9.90 Å². The van der Waals surface area contributed by atoms with E-state index in [1.165, 1.54) is 0 Å². The second-order valence-corrected chi connectivity index (χ2v) is 5.82. The van der Waals surface area contributed by atoms with Crippen LogP contribution in [0.3, 0.4) is 0 Å². The molecular weight excluding hydrogens is 252 g/mol. The van der Waals surface area contributed by atoms with Gasteiger partial charge in [-0.3, -0.25) is 4.79 Å². The summed E-state index contributed by atoms with van der Waals surface area (Å²) in [5, 5.41) is 13.6. The Kier molecular flexibility index (Phi) is 3.05. The van der Waals surface area contributed by atoms with E-state index >= 15 is 0 Å². The minimum Gasteiger partial charge on any atom is -0.371 e. The van der Waals surface area contributed by atoms with Gasteiger partial charge in [-0.05, 0) is 26.7 Å². The number of ketones is 1. The third-order valence-corrected chi connectivity index (χ3v) is 4.20. The summed E-state index contributed by atoms with van der Waals surface area (Å²) in [6.07, 6.45) is 1.20. The number of rotatable bonds is 2. The van der Waals surface area contributed by atoms with Crippen LogP contribution in [0.2, 0.25) is 0 Å². The van der Waals surface area contributed by atoms with Crippen LogP contribution < -0.4 is 5.32 Å². The predicted molar refractivity (Wildman–Crippen MR) is 77.1 cm³/mol. The van der Waals surface area contributed by atoms with Crippen molar-refractivity contribution in [1.29, 1.82) is 0 Å². The van der Waals surface area contributed by atoms with Gasteiger partial charge in [0.1, 0.15) is 11.5 Å². The monoisotopic (exact) mass is 272 g/mol. The van der Waals surface area contributed by atoms with E-state index in [-0.39, 0.29) is 5.78 Å². The van der Waals surface area contributed by atoms with Gasteiger partial charge in [-0.1, -0.05) is 29.8 Å². The van der Waals surface area contributed by atoms with Crippen molar-refractivity contribution in [3.63, 3.8) is 0 Å². The first kappa shape index (κ1) is 13.2. The SMILES string of the molecule is Cc1ccc(C(=O)C2=C3NCCN3[C@](C)(O)CC2)cc1. The first-order valence-corrected chi connectivity index (χ1v) is 7.07. The lowest BCUT2D eigenvalue weighted by atomic mass is 9.91. The van der Waals surface area contributed by atoms with Crippen LogP contribution >= 0.6 is 0 Å². The molecule has 1 aromatic rings. The van der Waals surface area contributed by atoms with Crippen LogP contribution in [0.15, 0.2) is 35.7 Å². The predicted octanol–water partition coefficient (Wildman–Crippen LogP) is 1.80. The molecule has 2 aliphatic rings. The molecule has 2 N–H and O–H groups in total. The molecular formula is C16H20N2O2. The second-order valence-electron chi connectivity index (χ2n) is 5.82. The van der Waals surface area contributed by atoms with E-state index in [1.807, 2.05) is 43.0 Å². The second kappa shape index (κ2) is 4.63. The van der Waals surface area contributed by atoms with Gasteiger partial charge < -0.3 is 15.3 Å². The number of allylic oxidation sites excluding steroid dienone is 1. The molecule has 0 aliphatic carbocycles. The number of nitrogens with one attached hydrogen (secondary N) is 1. The Morgan fingerprint density at radius 3 is 2.75 bits per heavy atom. The van der Waals surface area contributed by atoms with Crippen molar-refractivity contribution in [3.8, 4) is 0 Å². The average molecular weight is 272 g/mol. The fourth-order valence-electron chi connectivity index (χ4n) is 2.96. The summed E-state index contributed by atoms with van der Waals surface area (Å²) in [5.74, 6) is 0.877. The Hall–Kier alpha value is -1.81. The van der Waals surface area contributed by atoms with E-state index in [9.17, 15) is 9.90 Å². The summed E-state index contributed by atoms with van der Waals surface area (Å²) in [6.45, 7) is 5.34. The molecule has 4 nitrogen and oxygen atoms in total. The smallest absolute Gasteiger partial charge is 0.192 e. The van der Waals surface area contributed by atoms with Crippen LogP contribution in [0.5, 0.6) is 0 Å². The Morgan fingerprint density at radius 1 is 1.35 bits per heavy atom. The minimum absolute atomic E-state index is 0.0647. The summed E-state index contributed by atoms with van der Waals surface area (Å²) in [6, 6.07) is 7.66. The fraction of sp³-hybridized carbons (Fsp3) is 0.438. The summed E-state index contributed by atoms with van der Waals surface area (Å²) in [7, 11) is 0. The summed E-state index contributed by atoms with van der Waals surface area (Å²) in [5.41, 5.74) is 1.80. The lowest BCUT2D eigenvalue weighted by Gasteiger charge is -2.40. The molecule has 3 rings (SSSR count). The van der Waals surface area contributed by atoms with Gasteiger partial charge >= 0.3 is 0 Å². The van der Waals surface area contributed by atoms with Gasteiger partial charge in [0.05, 0.1) is 0 Å². The van der Waals surface area contributed by atoms with Crippen LogP contribution in [-0.2, 0) is 0 Å². The highest BCUT2D eigenvalue weighted by Gasteiger charge is 2.40. The molecule has 1 atom stereocenters. The largest absolute Gasteiger partial charge is 0.371 e. The molecule has 1 saturated heterocycles. The number of fused-ring (bicyclic) bond motifs is 1. The molecule has 1 fully saturated rings. The van der Waals surface area contributed by atoms with Crippen molar-refractivity contribution in [3.05, 3.63) is 46.8 Å². The number of aryl methyl sites for hydroxylation is 1. The van der Waals surface area contributed by atoms with E-state index in [1.54, 1.807) is 0 Å². The number of hydrogen-bond acceptors (Lipinski definition) is 4. The van der Waals surface area contributed by atoms with E-state index in [0.717, 1.165) is 30.0 Å². The van der Waals surface area contributed by atoms with Crippen molar-refractivity contribution in [2.45, 2.75) is 32.4 Å². The van der Waals surface area contributed by atoms with Gasteiger partial charge in [0.2, 0.25) is 0 Å². The van der Waals surface area contributed by atoms with Gasteiger partial charge in [0, 0.05) is 24.2 Å². The molecule has 2 aliphatic heterocycles. The third kappa shape index (κ3) is 2.10. The lowest BCUT2D eigenvalue weighted by Crippen LogP contribution is -2.47. The van der Waals surface area contributed by atoms with Crippen LogP contribution in [0, 0.1) is 6.92 Å². The zero-order chi connectivity index (χ0) is 14.3. The molecule has 2 heterocycles. The first-order valence-electron chi connectivity index (χ1n) is 7.07. The van der Waals surface area contributed by atoms with Crippen molar-refractivity contribution >= 4 is 5.78 Å². The molecule has 0 aromatic heterocycles. The van der Waals surface area contributed by atoms with E-state index < -0.39 is 5.72 Å². The summed E-state index contributed by atoms with van der Waals surface area (Å²) >= 11 is 0. The number of Topliss-reactive ketones (excluding diaryl/α,β-unsaturated/α-hetero) is 1. The van der Waals surface area contributed by atoms with Gasteiger partial charge in [-0.2, -0.15) is 0 Å². The van der Waals surface area contributed by atoms with E-state index in [4.69, 9.17) is 0 Å². The first-order chi connectivity index (χ1) is 9.49. The van der Waals surface area contributed by atoms with Crippen LogP contribution in [-0.4, -0.2) is 34.6 Å². The summed E-state index contributed by atoms with van der Waals surface area (Å²) in [4.78, 5) is 14.6. The molecule has 0 saturated carbocycles. The lowest BCUT2D eigenvalue weighted by molar-refractivity contribution is -0.0788. The molecule has 20 heavy (non-hydrogen) atoms. The van der Waals surface area contributed by atoms with Crippen molar-refractivity contribution in [1.82, 2.24) is 10.2 Å². The maximum absolute atomic E-state index is 12.7. The molecule has 0 radical (unpaired) electrons.